The molecule has 100 valence electrons. The van der Waals surface area contributed by atoms with Gasteiger partial charge in [-0.25, -0.2) is 0 Å². The molecule has 0 radical (unpaired) electrons. The largest absolute Gasteiger partial charge is 0.312 e. The first-order chi connectivity index (χ1) is 8.58. The zero-order chi connectivity index (χ0) is 13.1. The van der Waals surface area contributed by atoms with Gasteiger partial charge in [-0.05, 0) is 51.4 Å². The number of benzene rings is 1. The molecule has 1 atom stereocenters. The van der Waals surface area contributed by atoms with Gasteiger partial charge in [0.25, 0.3) is 0 Å². The van der Waals surface area contributed by atoms with Gasteiger partial charge in [0, 0.05) is 23.7 Å². The maximum atomic E-state index is 6.22. The van der Waals surface area contributed by atoms with Crippen molar-refractivity contribution < 1.29 is 0 Å². The second-order valence-electron chi connectivity index (χ2n) is 5.61. The highest BCUT2D eigenvalue weighted by molar-refractivity contribution is 6.31. The number of nitrogens with zero attached hydrogens (tertiary/aromatic N) is 1. The van der Waals surface area contributed by atoms with Crippen LogP contribution in [0, 0.1) is 0 Å². The molecule has 1 fully saturated rings. The van der Waals surface area contributed by atoms with Crippen LogP contribution in [-0.4, -0.2) is 37.6 Å². The van der Waals surface area contributed by atoms with Crippen LogP contribution in [0.1, 0.15) is 31.2 Å². The quantitative estimate of drug-likeness (QED) is 0.881. The van der Waals surface area contributed by atoms with Gasteiger partial charge in [0.05, 0.1) is 0 Å². The predicted octanol–water partition coefficient (Wildman–Crippen LogP) is 3.13. The molecular formula is C15H23ClN2. The number of nitrogens with one attached hydrogen (secondary N) is 1. The van der Waals surface area contributed by atoms with Crippen LogP contribution < -0.4 is 5.32 Å². The molecular weight excluding hydrogens is 244 g/mol. The minimum atomic E-state index is 0.587. The van der Waals surface area contributed by atoms with Crippen LogP contribution in [0.15, 0.2) is 24.3 Å². The first-order valence-electron chi connectivity index (χ1n) is 6.72. The lowest BCUT2D eigenvalue weighted by molar-refractivity contribution is 0.245. The van der Waals surface area contributed by atoms with E-state index in [9.17, 15) is 0 Å². The maximum Gasteiger partial charge on any atom is 0.0440 e. The molecule has 0 saturated heterocycles. The Hall–Kier alpha value is -0.570. The van der Waals surface area contributed by atoms with E-state index in [4.69, 9.17) is 11.6 Å². The van der Waals surface area contributed by atoms with Gasteiger partial charge in [-0.2, -0.15) is 0 Å². The monoisotopic (exact) mass is 266 g/mol. The standard InChI is InChI=1S/C15H23ClN2/c1-11(18(2)3)10-17-13-8-12(9-13)14-6-4-5-7-15(14)16/h4-7,11-13,17H,8-10H2,1-3H3. The first kappa shape index (κ1) is 13.9. The predicted molar refractivity (Wildman–Crippen MR) is 78.4 cm³/mol. The molecule has 0 aliphatic heterocycles. The molecule has 0 aromatic heterocycles. The van der Waals surface area contributed by atoms with Crippen LogP contribution in [-0.2, 0) is 0 Å². The summed E-state index contributed by atoms with van der Waals surface area (Å²) >= 11 is 6.22. The van der Waals surface area contributed by atoms with Crippen molar-refractivity contribution in [2.75, 3.05) is 20.6 Å². The Kier molecular flexibility index (Phi) is 4.66. The van der Waals surface area contributed by atoms with Crippen molar-refractivity contribution in [3.63, 3.8) is 0 Å². The molecule has 2 nitrogen and oxygen atoms in total. The topological polar surface area (TPSA) is 15.3 Å². The van der Waals surface area contributed by atoms with Crippen molar-refractivity contribution in [2.45, 2.75) is 37.8 Å². The van der Waals surface area contributed by atoms with Crippen LogP contribution in [0.25, 0.3) is 0 Å². The van der Waals surface area contributed by atoms with Gasteiger partial charge < -0.3 is 10.2 Å². The molecule has 0 bridgehead atoms. The number of rotatable bonds is 5. The third-order valence-electron chi connectivity index (χ3n) is 4.07. The van der Waals surface area contributed by atoms with E-state index in [-0.39, 0.29) is 0 Å². The number of hydrogen-bond acceptors (Lipinski definition) is 2. The molecule has 1 saturated carbocycles. The van der Waals surface area contributed by atoms with E-state index in [1.54, 1.807) is 0 Å². The molecule has 1 aromatic carbocycles. The first-order valence-corrected chi connectivity index (χ1v) is 7.10. The van der Waals surface area contributed by atoms with E-state index in [2.05, 4.69) is 43.4 Å². The number of hydrogen-bond donors (Lipinski definition) is 1. The van der Waals surface area contributed by atoms with Gasteiger partial charge >= 0.3 is 0 Å². The third-order valence-corrected chi connectivity index (χ3v) is 4.41. The summed E-state index contributed by atoms with van der Waals surface area (Å²) in [6.45, 7) is 3.31. The van der Waals surface area contributed by atoms with Gasteiger partial charge in [-0.15, -0.1) is 0 Å². The Bertz CT molecular complexity index is 386. The molecule has 18 heavy (non-hydrogen) atoms. The van der Waals surface area contributed by atoms with Gasteiger partial charge in [-0.1, -0.05) is 29.8 Å². The maximum absolute atomic E-state index is 6.22. The van der Waals surface area contributed by atoms with Crippen molar-refractivity contribution in [2.24, 2.45) is 0 Å². The summed E-state index contributed by atoms with van der Waals surface area (Å²) < 4.78 is 0. The van der Waals surface area contributed by atoms with Crippen molar-refractivity contribution in [3.05, 3.63) is 34.9 Å². The molecule has 0 heterocycles. The zero-order valence-electron chi connectivity index (χ0n) is 11.5. The van der Waals surface area contributed by atoms with E-state index in [1.807, 2.05) is 12.1 Å². The lowest BCUT2D eigenvalue weighted by Gasteiger charge is -2.38. The third kappa shape index (κ3) is 3.25. The van der Waals surface area contributed by atoms with E-state index in [0.717, 1.165) is 11.6 Å². The highest BCUT2D eigenvalue weighted by Gasteiger charge is 2.31. The normalized spacial score (nSPS) is 24.9. The van der Waals surface area contributed by atoms with Crippen molar-refractivity contribution in [1.29, 1.82) is 0 Å². The summed E-state index contributed by atoms with van der Waals surface area (Å²) in [7, 11) is 4.25. The van der Waals surface area contributed by atoms with Crippen molar-refractivity contribution in [3.8, 4) is 0 Å². The number of halogens is 1. The fourth-order valence-corrected chi connectivity index (χ4v) is 2.65. The fraction of sp³-hybridized carbons (Fsp3) is 0.600. The van der Waals surface area contributed by atoms with Gasteiger partial charge in [0.1, 0.15) is 0 Å². The minimum Gasteiger partial charge on any atom is -0.312 e. The summed E-state index contributed by atoms with van der Waals surface area (Å²) in [6.07, 6.45) is 2.42. The Balaban J connectivity index is 1.76. The molecule has 1 aliphatic carbocycles. The van der Waals surface area contributed by atoms with E-state index in [0.29, 0.717) is 18.0 Å². The van der Waals surface area contributed by atoms with Crippen LogP contribution >= 0.6 is 11.6 Å². The Morgan fingerprint density at radius 3 is 2.61 bits per heavy atom. The van der Waals surface area contributed by atoms with Crippen LogP contribution in [0.5, 0.6) is 0 Å². The SMILES string of the molecule is CC(CNC1CC(c2ccccc2Cl)C1)N(C)C. The van der Waals surface area contributed by atoms with Crippen LogP contribution in [0.2, 0.25) is 5.02 Å². The molecule has 0 amide bonds. The number of likely N-dealkylation sites (N-methyl/N-ethyl adjacent to an activating group) is 1. The van der Waals surface area contributed by atoms with Crippen molar-refractivity contribution >= 4 is 11.6 Å². The van der Waals surface area contributed by atoms with E-state index < -0.39 is 0 Å². The fourth-order valence-electron chi connectivity index (χ4n) is 2.36. The molecule has 0 spiro atoms. The average Bonchev–Trinajstić information content (AvgIpc) is 2.28. The molecule has 2 rings (SSSR count). The molecule has 1 unspecified atom stereocenters. The Labute approximate surface area is 115 Å². The second kappa shape index (κ2) is 6.05. The lowest BCUT2D eigenvalue weighted by Crippen LogP contribution is -2.45. The zero-order valence-corrected chi connectivity index (χ0v) is 12.2. The Morgan fingerprint density at radius 2 is 2.00 bits per heavy atom. The van der Waals surface area contributed by atoms with Crippen LogP contribution in [0.3, 0.4) is 0 Å². The molecule has 3 heteroatoms. The summed E-state index contributed by atoms with van der Waals surface area (Å²) in [5.41, 5.74) is 1.32. The molecule has 1 aliphatic rings. The van der Waals surface area contributed by atoms with Gasteiger partial charge in [-0.3, -0.25) is 0 Å². The summed E-state index contributed by atoms with van der Waals surface area (Å²) in [6, 6.07) is 9.48. The summed E-state index contributed by atoms with van der Waals surface area (Å²) in [5.74, 6) is 0.644. The van der Waals surface area contributed by atoms with E-state index in [1.165, 1.54) is 18.4 Å². The van der Waals surface area contributed by atoms with Crippen molar-refractivity contribution in [1.82, 2.24) is 10.2 Å². The minimum absolute atomic E-state index is 0.587. The van der Waals surface area contributed by atoms with Crippen LogP contribution in [0.4, 0.5) is 0 Å². The average molecular weight is 267 g/mol. The highest BCUT2D eigenvalue weighted by atomic mass is 35.5. The molecule has 1 N–H and O–H groups in total. The second-order valence-corrected chi connectivity index (χ2v) is 6.01. The molecule has 1 aromatic rings. The van der Waals surface area contributed by atoms with E-state index >= 15 is 0 Å². The summed E-state index contributed by atoms with van der Waals surface area (Å²) in [4.78, 5) is 2.25. The van der Waals surface area contributed by atoms with Gasteiger partial charge in [0.15, 0.2) is 0 Å². The lowest BCUT2D eigenvalue weighted by atomic mass is 9.76. The summed E-state index contributed by atoms with van der Waals surface area (Å²) in [5, 5.41) is 4.55. The smallest absolute Gasteiger partial charge is 0.0440 e. The Morgan fingerprint density at radius 1 is 1.33 bits per heavy atom. The van der Waals surface area contributed by atoms with Gasteiger partial charge in [0.2, 0.25) is 0 Å². The highest BCUT2D eigenvalue weighted by Crippen LogP contribution is 2.39.